The zero-order chi connectivity index (χ0) is 21.1. The molecule has 2 aromatic carbocycles. The lowest BCUT2D eigenvalue weighted by Crippen LogP contribution is -2.01. The summed E-state index contributed by atoms with van der Waals surface area (Å²) in [5.74, 6) is 2.43. The predicted molar refractivity (Wildman–Crippen MR) is 109 cm³/mol. The third-order valence-corrected chi connectivity index (χ3v) is 4.65. The molecule has 0 atom stereocenters. The van der Waals surface area contributed by atoms with Gasteiger partial charge in [0.05, 0.1) is 14.2 Å². The van der Waals surface area contributed by atoms with Gasteiger partial charge in [-0.2, -0.15) is 4.98 Å². The van der Waals surface area contributed by atoms with Gasteiger partial charge in [0.2, 0.25) is 5.82 Å². The third-order valence-electron chi connectivity index (χ3n) is 4.65. The second kappa shape index (κ2) is 8.28. The lowest BCUT2D eigenvalue weighted by atomic mass is 10.1. The average Bonchev–Trinajstić information content (AvgIpc) is 3.25. The lowest BCUT2D eigenvalue weighted by Gasteiger charge is -2.07. The van der Waals surface area contributed by atoms with Crippen LogP contribution in [0, 0.1) is 0 Å². The smallest absolute Gasteiger partial charge is 0.336 e. The average molecular weight is 408 g/mol. The van der Waals surface area contributed by atoms with Gasteiger partial charge in [-0.3, -0.25) is 0 Å². The standard InChI is InChI=1S/C22H20N2O6/c1-4-13-10-21(25)29-18-11-15(6-7-16(13)18)28-12-20-23-22(24-30-20)14-5-8-17(26-2)19(9-14)27-3/h5-11H,4,12H2,1-3H3. The van der Waals surface area contributed by atoms with Crippen molar-refractivity contribution in [2.75, 3.05) is 14.2 Å². The van der Waals surface area contributed by atoms with Crippen LogP contribution in [0.4, 0.5) is 0 Å². The van der Waals surface area contributed by atoms with Crippen LogP contribution in [0.3, 0.4) is 0 Å². The van der Waals surface area contributed by atoms with Crippen molar-refractivity contribution in [2.45, 2.75) is 20.0 Å². The molecule has 0 unspecified atom stereocenters. The molecule has 0 aliphatic rings. The van der Waals surface area contributed by atoms with Crippen LogP contribution >= 0.6 is 0 Å². The van der Waals surface area contributed by atoms with Crippen LogP contribution in [0.25, 0.3) is 22.4 Å². The van der Waals surface area contributed by atoms with E-state index in [9.17, 15) is 4.79 Å². The summed E-state index contributed by atoms with van der Waals surface area (Å²) < 4.78 is 26.9. The molecule has 2 aromatic heterocycles. The number of fused-ring (bicyclic) bond motifs is 1. The van der Waals surface area contributed by atoms with E-state index < -0.39 is 0 Å². The van der Waals surface area contributed by atoms with Crippen molar-refractivity contribution in [1.82, 2.24) is 10.1 Å². The van der Waals surface area contributed by atoms with Crippen LogP contribution in [-0.2, 0) is 13.0 Å². The molecule has 0 fully saturated rings. The molecule has 0 radical (unpaired) electrons. The molecule has 4 rings (SSSR count). The summed E-state index contributed by atoms with van der Waals surface area (Å²) in [5, 5.41) is 4.88. The van der Waals surface area contributed by atoms with Crippen LogP contribution in [0.5, 0.6) is 17.2 Å². The Kier molecular flexibility index (Phi) is 5.38. The fourth-order valence-electron chi connectivity index (χ4n) is 3.14. The highest BCUT2D eigenvalue weighted by atomic mass is 16.5. The molecular weight excluding hydrogens is 388 g/mol. The van der Waals surface area contributed by atoms with Gasteiger partial charge in [0.25, 0.3) is 5.89 Å². The second-order valence-electron chi connectivity index (χ2n) is 6.47. The maximum atomic E-state index is 11.7. The highest BCUT2D eigenvalue weighted by Crippen LogP contribution is 2.31. The van der Waals surface area contributed by atoms with Crippen molar-refractivity contribution in [3.05, 3.63) is 64.3 Å². The first-order valence-corrected chi connectivity index (χ1v) is 9.36. The summed E-state index contributed by atoms with van der Waals surface area (Å²) in [6.07, 6.45) is 0.739. The van der Waals surface area contributed by atoms with Gasteiger partial charge < -0.3 is 23.2 Å². The van der Waals surface area contributed by atoms with E-state index in [1.54, 1.807) is 32.4 Å². The van der Waals surface area contributed by atoms with Crippen LogP contribution < -0.4 is 19.8 Å². The molecular formula is C22H20N2O6. The highest BCUT2D eigenvalue weighted by Gasteiger charge is 2.13. The Morgan fingerprint density at radius 1 is 1.00 bits per heavy atom. The molecule has 0 saturated carbocycles. The van der Waals surface area contributed by atoms with Gasteiger partial charge >= 0.3 is 5.63 Å². The van der Waals surface area contributed by atoms with Crippen LogP contribution in [0.15, 0.2) is 56.2 Å². The molecule has 4 aromatic rings. The Labute approximate surface area is 172 Å². The minimum atomic E-state index is -0.382. The fourth-order valence-corrected chi connectivity index (χ4v) is 3.14. The summed E-state index contributed by atoms with van der Waals surface area (Å²) in [7, 11) is 3.13. The maximum Gasteiger partial charge on any atom is 0.336 e. The van der Waals surface area contributed by atoms with Gasteiger partial charge in [-0.1, -0.05) is 12.1 Å². The molecule has 0 N–H and O–H groups in total. The zero-order valence-corrected chi connectivity index (χ0v) is 16.8. The Hall–Kier alpha value is -3.81. The summed E-state index contributed by atoms with van der Waals surface area (Å²) in [4.78, 5) is 16.1. The normalized spacial score (nSPS) is 10.9. The van der Waals surface area contributed by atoms with Gasteiger partial charge in [-0.15, -0.1) is 0 Å². The SMILES string of the molecule is CCc1cc(=O)oc2cc(OCc3nc(-c4ccc(OC)c(OC)c4)no3)ccc12. The van der Waals surface area contributed by atoms with Crippen molar-refractivity contribution in [3.63, 3.8) is 0 Å². The van der Waals surface area contributed by atoms with Crippen molar-refractivity contribution < 1.29 is 23.2 Å². The first-order chi connectivity index (χ1) is 14.6. The van der Waals surface area contributed by atoms with Gasteiger partial charge in [-0.05, 0) is 42.3 Å². The number of nitrogens with zero attached hydrogens (tertiary/aromatic N) is 2. The molecule has 0 bridgehead atoms. The predicted octanol–water partition coefficient (Wildman–Crippen LogP) is 4.00. The molecule has 8 nitrogen and oxygen atoms in total. The Morgan fingerprint density at radius 3 is 2.60 bits per heavy atom. The van der Waals surface area contributed by atoms with Gasteiger partial charge in [0, 0.05) is 23.1 Å². The molecule has 154 valence electrons. The van der Waals surface area contributed by atoms with Crippen LogP contribution in [0.1, 0.15) is 18.4 Å². The monoisotopic (exact) mass is 408 g/mol. The summed E-state index contributed by atoms with van der Waals surface area (Å²) in [6, 6.07) is 12.2. The molecule has 0 spiro atoms. The number of rotatable bonds is 7. The van der Waals surface area contributed by atoms with E-state index in [1.165, 1.54) is 6.07 Å². The topological polar surface area (TPSA) is 96.8 Å². The molecule has 2 heterocycles. The largest absolute Gasteiger partial charge is 0.493 e. The Morgan fingerprint density at radius 2 is 1.83 bits per heavy atom. The summed E-state index contributed by atoms with van der Waals surface area (Å²) in [6.45, 7) is 2.06. The molecule has 0 aliphatic heterocycles. The van der Waals surface area contributed by atoms with E-state index in [0.717, 1.165) is 22.9 Å². The van der Waals surface area contributed by atoms with Crippen molar-refractivity contribution in [1.29, 1.82) is 0 Å². The minimum Gasteiger partial charge on any atom is -0.493 e. The van der Waals surface area contributed by atoms with Crippen molar-refractivity contribution >= 4 is 11.0 Å². The molecule has 30 heavy (non-hydrogen) atoms. The van der Waals surface area contributed by atoms with Crippen LogP contribution in [-0.4, -0.2) is 24.4 Å². The molecule has 8 heteroatoms. The third kappa shape index (κ3) is 3.84. The Bertz CT molecular complexity index is 1240. The van der Waals surface area contributed by atoms with E-state index in [0.29, 0.717) is 34.5 Å². The van der Waals surface area contributed by atoms with Gasteiger partial charge in [-0.25, -0.2) is 4.79 Å². The van der Waals surface area contributed by atoms with E-state index in [4.69, 9.17) is 23.2 Å². The van der Waals surface area contributed by atoms with Crippen LogP contribution in [0.2, 0.25) is 0 Å². The number of aryl methyl sites for hydroxylation is 1. The van der Waals surface area contributed by atoms with Crippen molar-refractivity contribution in [3.8, 4) is 28.6 Å². The van der Waals surface area contributed by atoms with E-state index in [-0.39, 0.29) is 12.2 Å². The number of hydrogen-bond donors (Lipinski definition) is 0. The molecule has 0 aliphatic carbocycles. The van der Waals surface area contributed by atoms with E-state index in [1.807, 2.05) is 25.1 Å². The van der Waals surface area contributed by atoms with E-state index >= 15 is 0 Å². The quantitative estimate of drug-likeness (QED) is 0.423. The Balaban J connectivity index is 1.51. The summed E-state index contributed by atoms with van der Waals surface area (Å²) >= 11 is 0. The second-order valence-corrected chi connectivity index (χ2v) is 6.47. The maximum absolute atomic E-state index is 11.7. The van der Waals surface area contributed by atoms with Gasteiger partial charge in [0.15, 0.2) is 18.1 Å². The first kappa shape index (κ1) is 19.5. The number of methoxy groups -OCH3 is 2. The first-order valence-electron chi connectivity index (χ1n) is 9.36. The fraction of sp³-hybridized carbons (Fsp3) is 0.227. The summed E-state index contributed by atoms with van der Waals surface area (Å²) in [5.41, 5.74) is 1.76. The molecule has 0 amide bonds. The number of aromatic nitrogens is 2. The van der Waals surface area contributed by atoms with E-state index in [2.05, 4.69) is 10.1 Å². The minimum absolute atomic E-state index is 0.0729. The molecule has 0 saturated heterocycles. The zero-order valence-electron chi connectivity index (χ0n) is 16.8. The van der Waals surface area contributed by atoms with Gasteiger partial charge in [0.1, 0.15) is 11.3 Å². The number of benzene rings is 2. The lowest BCUT2D eigenvalue weighted by molar-refractivity contribution is 0.243. The number of hydrogen-bond acceptors (Lipinski definition) is 8. The number of ether oxygens (including phenoxy) is 3. The highest BCUT2D eigenvalue weighted by molar-refractivity contribution is 5.81. The van der Waals surface area contributed by atoms with Crippen molar-refractivity contribution in [2.24, 2.45) is 0 Å².